The molecule has 0 aliphatic carbocycles. The maximum Gasteiger partial charge on any atom is 0.322 e. The van der Waals surface area contributed by atoms with Crippen LogP contribution in [0.3, 0.4) is 0 Å². The molecule has 8 nitrogen and oxygen atoms in total. The quantitative estimate of drug-likeness (QED) is 0.222. The number of carbonyl (C=O) groups excluding carboxylic acids is 2. The minimum atomic E-state index is -0.790. The number of piperidine rings is 1. The van der Waals surface area contributed by atoms with Crippen LogP contribution in [0.25, 0.3) is 0 Å². The van der Waals surface area contributed by atoms with E-state index in [0.29, 0.717) is 12.0 Å². The van der Waals surface area contributed by atoms with Crippen LogP contribution >= 0.6 is 24.0 Å². The highest BCUT2D eigenvalue weighted by atomic mass is 127. The molecule has 166 valence electrons. The van der Waals surface area contributed by atoms with E-state index in [1.54, 1.807) is 0 Å². The van der Waals surface area contributed by atoms with Gasteiger partial charge in [0.05, 0.1) is 0 Å². The summed E-state index contributed by atoms with van der Waals surface area (Å²) in [4.78, 5) is 33.1. The van der Waals surface area contributed by atoms with E-state index in [4.69, 9.17) is 0 Å². The lowest BCUT2D eigenvalue weighted by molar-refractivity contribution is -0.125. The van der Waals surface area contributed by atoms with Crippen LogP contribution in [0.4, 0.5) is 4.79 Å². The number of aliphatic imine (C=N–C) groups is 1. The monoisotopic (exact) mass is 520 g/mol. The summed E-state index contributed by atoms with van der Waals surface area (Å²) in [6.45, 7) is 11.3. The van der Waals surface area contributed by atoms with Gasteiger partial charge in [-0.1, -0.05) is 13.8 Å². The fourth-order valence-electron chi connectivity index (χ4n) is 4.89. The molecule has 0 radical (unpaired) electrons. The Hall–Kier alpha value is -1.10. The highest BCUT2D eigenvalue weighted by Crippen LogP contribution is 2.30. The lowest BCUT2D eigenvalue weighted by Gasteiger charge is -2.40. The van der Waals surface area contributed by atoms with Crippen LogP contribution in [0.1, 0.15) is 46.5 Å². The minimum absolute atomic E-state index is 0. The van der Waals surface area contributed by atoms with Crippen LogP contribution in [0.15, 0.2) is 4.99 Å². The van der Waals surface area contributed by atoms with Gasteiger partial charge < -0.3 is 15.5 Å². The predicted octanol–water partition coefficient (Wildman–Crippen LogP) is 1.61. The zero-order chi connectivity index (χ0) is 20.3. The van der Waals surface area contributed by atoms with E-state index in [1.165, 1.54) is 19.4 Å². The number of rotatable bonds is 5. The van der Waals surface area contributed by atoms with Gasteiger partial charge in [-0.3, -0.25) is 20.0 Å². The molecule has 0 aromatic carbocycles. The van der Waals surface area contributed by atoms with Crippen LogP contribution in [0.5, 0.6) is 0 Å². The molecule has 0 spiro atoms. The number of halogens is 1. The van der Waals surface area contributed by atoms with E-state index in [2.05, 4.69) is 44.6 Å². The maximum absolute atomic E-state index is 12.2. The lowest BCUT2D eigenvalue weighted by Crippen LogP contribution is -2.56. The van der Waals surface area contributed by atoms with E-state index in [0.717, 1.165) is 45.0 Å². The maximum atomic E-state index is 12.2. The Morgan fingerprint density at radius 3 is 2.48 bits per heavy atom. The van der Waals surface area contributed by atoms with E-state index in [9.17, 15) is 9.59 Å². The Morgan fingerprint density at radius 2 is 1.93 bits per heavy atom. The molecule has 1 unspecified atom stereocenters. The third-order valence-corrected chi connectivity index (χ3v) is 6.49. The van der Waals surface area contributed by atoms with Crippen molar-refractivity contribution in [3.05, 3.63) is 0 Å². The second-order valence-electron chi connectivity index (χ2n) is 8.98. The van der Waals surface area contributed by atoms with E-state index >= 15 is 0 Å². The van der Waals surface area contributed by atoms with E-state index in [1.807, 2.05) is 14.0 Å². The van der Waals surface area contributed by atoms with E-state index in [-0.39, 0.29) is 41.8 Å². The van der Waals surface area contributed by atoms with Crippen molar-refractivity contribution in [1.82, 2.24) is 25.8 Å². The number of hydrogen-bond donors (Lipinski definition) is 3. The standard InChI is InChI=1S/C20H36N6O2.HI/c1-14(2)13-26-9-5-6-16(26)12-22-18(21-4)25-10-7-15(8-11-25)20(3)17(27)23-19(28)24-20;/h14-16H,5-13H2,1-4H3,(H,21,22)(H2,23,24,27,28);1H/t16-,20?;/m1./s1. The van der Waals surface area contributed by atoms with Gasteiger partial charge in [-0.15, -0.1) is 24.0 Å². The first-order valence-electron chi connectivity index (χ1n) is 10.7. The Balaban J connectivity index is 0.00000300. The smallest absolute Gasteiger partial charge is 0.322 e. The zero-order valence-electron chi connectivity index (χ0n) is 18.2. The predicted molar refractivity (Wildman–Crippen MR) is 126 cm³/mol. The molecular weight excluding hydrogens is 483 g/mol. The summed E-state index contributed by atoms with van der Waals surface area (Å²) in [5.41, 5.74) is -0.790. The molecule has 2 atom stereocenters. The number of nitrogens with one attached hydrogen (secondary N) is 3. The fourth-order valence-corrected chi connectivity index (χ4v) is 4.89. The van der Waals surface area contributed by atoms with Crippen LogP contribution in [-0.4, -0.2) is 79.0 Å². The fraction of sp³-hybridized carbons (Fsp3) is 0.850. The molecule has 9 heteroatoms. The van der Waals surface area contributed by atoms with Gasteiger partial charge in [0.2, 0.25) is 0 Å². The molecule has 0 aromatic rings. The molecule has 0 aromatic heterocycles. The molecule has 0 saturated carbocycles. The van der Waals surface area contributed by atoms with Gasteiger partial charge in [0.15, 0.2) is 5.96 Å². The third-order valence-electron chi connectivity index (χ3n) is 6.49. The minimum Gasteiger partial charge on any atom is -0.355 e. The molecule has 3 saturated heterocycles. The molecule has 0 bridgehead atoms. The molecule has 3 aliphatic heterocycles. The second kappa shape index (κ2) is 10.3. The van der Waals surface area contributed by atoms with Crippen LogP contribution in [0.2, 0.25) is 0 Å². The number of urea groups is 1. The Kier molecular flexibility index (Phi) is 8.57. The average molecular weight is 520 g/mol. The van der Waals surface area contributed by atoms with Crippen molar-refractivity contribution < 1.29 is 9.59 Å². The Bertz CT molecular complexity index is 620. The van der Waals surface area contributed by atoms with Crippen LogP contribution in [0, 0.1) is 11.8 Å². The second-order valence-corrected chi connectivity index (χ2v) is 8.98. The average Bonchev–Trinajstić information content (AvgIpc) is 3.19. The van der Waals surface area contributed by atoms with Crippen molar-refractivity contribution in [2.45, 2.75) is 58.0 Å². The van der Waals surface area contributed by atoms with Crippen molar-refractivity contribution in [1.29, 1.82) is 0 Å². The zero-order valence-corrected chi connectivity index (χ0v) is 20.5. The highest BCUT2D eigenvalue weighted by molar-refractivity contribution is 14.0. The molecule has 3 rings (SSSR count). The first-order chi connectivity index (χ1) is 13.3. The summed E-state index contributed by atoms with van der Waals surface area (Å²) in [5, 5.41) is 8.78. The van der Waals surface area contributed by atoms with Gasteiger partial charge in [-0.05, 0) is 51.0 Å². The molecule has 3 aliphatic rings. The number of nitrogens with zero attached hydrogens (tertiary/aromatic N) is 3. The van der Waals surface area contributed by atoms with Gasteiger partial charge in [-0.2, -0.15) is 0 Å². The largest absolute Gasteiger partial charge is 0.355 e. The summed E-state index contributed by atoms with van der Waals surface area (Å²) in [5.74, 6) is 1.57. The first kappa shape index (κ1) is 24.2. The van der Waals surface area contributed by atoms with Crippen LogP contribution < -0.4 is 16.0 Å². The highest BCUT2D eigenvalue weighted by Gasteiger charge is 2.48. The number of carbonyl (C=O) groups is 2. The summed E-state index contributed by atoms with van der Waals surface area (Å²) in [7, 11) is 1.83. The van der Waals surface area contributed by atoms with Gasteiger partial charge in [-0.25, -0.2) is 4.79 Å². The topological polar surface area (TPSA) is 89.1 Å². The van der Waals surface area contributed by atoms with E-state index < -0.39 is 5.54 Å². The van der Waals surface area contributed by atoms with Crippen molar-refractivity contribution >= 4 is 41.9 Å². The van der Waals surface area contributed by atoms with Gasteiger partial charge in [0.25, 0.3) is 5.91 Å². The normalized spacial score (nSPS) is 29.1. The summed E-state index contributed by atoms with van der Waals surface area (Å²) in [6, 6.07) is 0.197. The number of guanidine groups is 1. The molecule has 3 N–H and O–H groups in total. The van der Waals surface area contributed by atoms with Crippen molar-refractivity contribution in [3.8, 4) is 0 Å². The first-order valence-corrected chi connectivity index (χ1v) is 10.7. The molecule has 29 heavy (non-hydrogen) atoms. The van der Waals surface area contributed by atoms with Crippen LogP contribution in [-0.2, 0) is 4.79 Å². The molecule has 3 heterocycles. The van der Waals surface area contributed by atoms with Gasteiger partial charge in [0, 0.05) is 39.3 Å². The third kappa shape index (κ3) is 5.53. The SMILES string of the molecule is CN=C(NC[C@H]1CCCN1CC(C)C)N1CCC(C2(C)NC(=O)NC2=O)CC1.I. The Morgan fingerprint density at radius 1 is 1.24 bits per heavy atom. The summed E-state index contributed by atoms with van der Waals surface area (Å²) < 4.78 is 0. The van der Waals surface area contributed by atoms with Crippen molar-refractivity contribution in [2.24, 2.45) is 16.8 Å². The number of imide groups is 1. The van der Waals surface area contributed by atoms with Gasteiger partial charge >= 0.3 is 6.03 Å². The number of likely N-dealkylation sites (tertiary alicyclic amines) is 2. The number of amides is 3. The lowest BCUT2D eigenvalue weighted by atomic mass is 9.79. The summed E-state index contributed by atoms with van der Waals surface area (Å²) in [6.07, 6.45) is 4.23. The van der Waals surface area contributed by atoms with Gasteiger partial charge in [0.1, 0.15) is 5.54 Å². The Labute approximate surface area is 191 Å². The molecule has 3 fully saturated rings. The van der Waals surface area contributed by atoms with Crippen molar-refractivity contribution in [2.75, 3.05) is 39.8 Å². The molecular formula is C20H37IN6O2. The van der Waals surface area contributed by atoms with Crippen molar-refractivity contribution in [3.63, 3.8) is 0 Å². The number of hydrogen-bond acceptors (Lipinski definition) is 4. The molecule has 3 amide bonds. The summed E-state index contributed by atoms with van der Waals surface area (Å²) >= 11 is 0.